The van der Waals surface area contributed by atoms with Gasteiger partial charge in [-0.15, -0.1) is 0 Å². The van der Waals surface area contributed by atoms with Crippen molar-refractivity contribution in [2.45, 2.75) is 12.8 Å². The van der Waals surface area contributed by atoms with Gasteiger partial charge in [-0.3, -0.25) is 0 Å². The Bertz CT molecular complexity index is 670. The highest BCUT2D eigenvalue weighted by atomic mass is 19.1. The molecule has 0 radical (unpaired) electrons. The Balaban J connectivity index is 2.23. The van der Waals surface area contributed by atoms with E-state index in [2.05, 4.69) is 0 Å². The van der Waals surface area contributed by atoms with Crippen molar-refractivity contribution in [2.24, 2.45) is 0 Å². The zero-order valence-corrected chi connectivity index (χ0v) is 14.3. The Morgan fingerprint density at radius 1 is 0.750 bits per heavy atom. The van der Waals surface area contributed by atoms with Crippen molar-refractivity contribution in [3.8, 4) is 23.0 Å². The first-order valence-corrected chi connectivity index (χ1v) is 7.44. The Kier molecular flexibility index (Phi) is 5.73. The van der Waals surface area contributed by atoms with Crippen molar-refractivity contribution in [2.75, 3.05) is 34.2 Å². The fourth-order valence-corrected chi connectivity index (χ4v) is 2.60. The number of hydrogen-bond donors (Lipinski definition) is 1. The van der Waals surface area contributed by atoms with Gasteiger partial charge < -0.3 is 24.7 Å². The van der Waals surface area contributed by atoms with Gasteiger partial charge in [0.2, 0.25) is 5.75 Å². The summed E-state index contributed by atoms with van der Waals surface area (Å²) >= 11 is 0. The third kappa shape index (κ3) is 3.64. The molecule has 130 valence electrons. The van der Waals surface area contributed by atoms with E-state index in [1.807, 2.05) is 12.1 Å². The molecule has 2 rings (SSSR count). The Morgan fingerprint density at radius 2 is 1.25 bits per heavy atom. The molecule has 0 aliphatic carbocycles. The SMILES string of the molecule is COc1cc(CCc2cc(N)c(OC)c(F)c2)cc(OC)c1OC. The maximum Gasteiger partial charge on any atom is 0.203 e. The zero-order chi connectivity index (χ0) is 17.7. The van der Waals surface area contributed by atoms with Gasteiger partial charge in [0.15, 0.2) is 23.1 Å². The number of methoxy groups -OCH3 is 4. The van der Waals surface area contributed by atoms with Crippen LogP contribution in [0, 0.1) is 5.82 Å². The molecule has 2 aromatic carbocycles. The molecule has 0 bridgehead atoms. The average Bonchev–Trinajstić information content (AvgIpc) is 2.58. The summed E-state index contributed by atoms with van der Waals surface area (Å²) in [4.78, 5) is 0. The van der Waals surface area contributed by atoms with Gasteiger partial charge in [0, 0.05) is 0 Å². The maximum atomic E-state index is 13.9. The van der Waals surface area contributed by atoms with Crippen LogP contribution in [0.4, 0.5) is 10.1 Å². The minimum atomic E-state index is -0.461. The average molecular weight is 335 g/mol. The van der Waals surface area contributed by atoms with Crippen LogP contribution in [0.1, 0.15) is 11.1 Å². The number of aryl methyl sites for hydroxylation is 2. The minimum absolute atomic E-state index is 0.0755. The van der Waals surface area contributed by atoms with Crippen molar-refractivity contribution in [1.82, 2.24) is 0 Å². The van der Waals surface area contributed by atoms with Crippen LogP contribution < -0.4 is 24.7 Å². The molecule has 0 saturated carbocycles. The monoisotopic (exact) mass is 335 g/mol. The van der Waals surface area contributed by atoms with E-state index in [1.165, 1.54) is 13.2 Å². The van der Waals surface area contributed by atoms with Crippen LogP contribution in [-0.2, 0) is 12.8 Å². The van der Waals surface area contributed by atoms with Gasteiger partial charge in [-0.1, -0.05) is 0 Å². The smallest absolute Gasteiger partial charge is 0.203 e. The molecular weight excluding hydrogens is 313 g/mol. The summed E-state index contributed by atoms with van der Waals surface area (Å²) < 4.78 is 34.8. The maximum absolute atomic E-state index is 13.9. The summed E-state index contributed by atoms with van der Waals surface area (Å²) in [7, 11) is 6.09. The molecule has 0 saturated heterocycles. The van der Waals surface area contributed by atoms with E-state index >= 15 is 0 Å². The molecule has 0 heterocycles. The molecule has 0 aromatic heterocycles. The number of rotatable bonds is 7. The van der Waals surface area contributed by atoms with Gasteiger partial charge in [-0.25, -0.2) is 4.39 Å². The quantitative estimate of drug-likeness (QED) is 0.787. The summed E-state index contributed by atoms with van der Waals surface area (Å²) in [5.74, 6) is 1.34. The highest BCUT2D eigenvalue weighted by Crippen LogP contribution is 2.38. The van der Waals surface area contributed by atoms with Crippen LogP contribution >= 0.6 is 0 Å². The number of hydrogen-bond acceptors (Lipinski definition) is 5. The van der Waals surface area contributed by atoms with Crippen molar-refractivity contribution in [3.05, 3.63) is 41.2 Å². The molecule has 0 unspecified atom stereocenters. The summed E-state index contributed by atoms with van der Waals surface area (Å²) in [6.45, 7) is 0. The molecular formula is C18H22FNO4. The van der Waals surface area contributed by atoms with Gasteiger partial charge in [0.05, 0.1) is 34.1 Å². The Labute approximate surface area is 141 Å². The standard InChI is InChI=1S/C18H22FNO4/c1-21-15-9-12(10-16(22-2)18(15)24-4)6-5-11-7-13(19)17(23-3)14(20)8-11/h7-10H,5-6,20H2,1-4H3. The van der Waals surface area contributed by atoms with Crippen LogP contribution in [0.25, 0.3) is 0 Å². The zero-order valence-electron chi connectivity index (χ0n) is 14.3. The number of anilines is 1. The molecule has 0 aliphatic rings. The number of benzene rings is 2. The Hall–Kier alpha value is -2.63. The lowest BCUT2D eigenvalue weighted by molar-refractivity contribution is 0.324. The lowest BCUT2D eigenvalue weighted by Crippen LogP contribution is -2.01. The van der Waals surface area contributed by atoms with Crippen molar-refractivity contribution >= 4 is 5.69 Å². The number of ether oxygens (including phenoxy) is 4. The van der Waals surface area contributed by atoms with Gasteiger partial charge in [0.25, 0.3) is 0 Å². The fraction of sp³-hybridized carbons (Fsp3) is 0.333. The molecule has 6 heteroatoms. The number of nitrogen functional groups attached to an aromatic ring is 1. The molecule has 0 aliphatic heterocycles. The fourth-order valence-electron chi connectivity index (χ4n) is 2.60. The third-order valence-electron chi connectivity index (χ3n) is 3.76. The Morgan fingerprint density at radius 3 is 1.67 bits per heavy atom. The second kappa shape index (κ2) is 7.77. The van der Waals surface area contributed by atoms with Crippen LogP contribution in [0.2, 0.25) is 0 Å². The lowest BCUT2D eigenvalue weighted by atomic mass is 10.0. The van der Waals surface area contributed by atoms with E-state index in [1.54, 1.807) is 27.4 Å². The van der Waals surface area contributed by atoms with Crippen LogP contribution in [-0.4, -0.2) is 28.4 Å². The van der Waals surface area contributed by atoms with Gasteiger partial charge in [-0.2, -0.15) is 0 Å². The summed E-state index contributed by atoms with van der Waals surface area (Å²) in [6, 6.07) is 6.92. The topological polar surface area (TPSA) is 62.9 Å². The molecule has 0 fully saturated rings. The van der Waals surface area contributed by atoms with Crippen LogP contribution in [0.15, 0.2) is 24.3 Å². The molecule has 5 nitrogen and oxygen atoms in total. The lowest BCUT2D eigenvalue weighted by Gasteiger charge is -2.14. The predicted molar refractivity (Wildman–Crippen MR) is 90.9 cm³/mol. The summed E-state index contributed by atoms with van der Waals surface area (Å²) in [5, 5.41) is 0. The normalized spacial score (nSPS) is 10.4. The van der Waals surface area contributed by atoms with E-state index in [4.69, 9.17) is 24.7 Å². The summed E-state index contributed by atoms with van der Waals surface area (Å²) in [5.41, 5.74) is 7.88. The predicted octanol–water partition coefficient (Wildman–Crippen LogP) is 3.23. The van der Waals surface area contributed by atoms with Crippen molar-refractivity contribution < 1.29 is 23.3 Å². The second-order valence-corrected chi connectivity index (χ2v) is 5.23. The van der Waals surface area contributed by atoms with E-state index in [0.717, 1.165) is 11.1 Å². The number of halogens is 1. The van der Waals surface area contributed by atoms with Crippen molar-refractivity contribution in [1.29, 1.82) is 0 Å². The first-order chi connectivity index (χ1) is 11.5. The van der Waals surface area contributed by atoms with Gasteiger partial charge >= 0.3 is 0 Å². The molecule has 0 spiro atoms. The van der Waals surface area contributed by atoms with Crippen LogP contribution in [0.5, 0.6) is 23.0 Å². The van der Waals surface area contributed by atoms with E-state index in [0.29, 0.717) is 30.1 Å². The minimum Gasteiger partial charge on any atom is -0.493 e. The highest BCUT2D eigenvalue weighted by molar-refractivity contribution is 5.56. The molecule has 2 N–H and O–H groups in total. The third-order valence-corrected chi connectivity index (χ3v) is 3.76. The van der Waals surface area contributed by atoms with E-state index < -0.39 is 5.82 Å². The summed E-state index contributed by atoms with van der Waals surface area (Å²) in [6.07, 6.45) is 1.28. The number of nitrogens with two attached hydrogens (primary N) is 1. The molecule has 2 aromatic rings. The molecule has 24 heavy (non-hydrogen) atoms. The largest absolute Gasteiger partial charge is 0.493 e. The highest BCUT2D eigenvalue weighted by Gasteiger charge is 2.14. The molecule has 0 amide bonds. The van der Waals surface area contributed by atoms with Gasteiger partial charge in [0.1, 0.15) is 0 Å². The van der Waals surface area contributed by atoms with E-state index in [9.17, 15) is 4.39 Å². The second-order valence-electron chi connectivity index (χ2n) is 5.23. The van der Waals surface area contributed by atoms with Gasteiger partial charge in [-0.05, 0) is 48.2 Å². The van der Waals surface area contributed by atoms with Crippen molar-refractivity contribution in [3.63, 3.8) is 0 Å². The first kappa shape index (κ1) is 17.7. The van der Waals surface area contributed by atoms with E-state index in [-0.39, 0.29) is 11.4 Å². The van der Waals surface area contributed by atoms with Crippen LogP contribution in [0.3, 0.4) is 0 Å². The first-order valence-electron chi connectivity index (χ1n) is 7.44. The molecule has 0 atom stereocenters.